The predicted molar refractivity (Wildman–Crippen MR) is 134 cm³/mol. The van der Waals surface area contributed by atoms with E-state index in [9.17, 15) is 9.59 Å². The van der Waals surface area contributed by atoms with E-state index in [-0.39, 0.29) is 22.6 Å². The third-order valence-electron chi connectivity index (χ3n) is 6.69. The van der Waals surface area contributed by atoms with Gasteiger partial charge in [-0.3, -0.25) is 14.3 Å². The van der Waals surface area contributed by atoms with Crippen LogP contribution in [0, 0.1) is 12.8 Å². The molecular formula is C23H42N2O5Si2. The molecule has 9 heteroatoms. The van der Waals surface area contributed by atoms with Crippen molar-refractivity contribution in [2.75, 3.05) is 6.61 Å². The van der Waals surface area contributed by atoms with Gasteiger partial charge in [-0.2, -0.15) is 0 Å². The number of aromatic amines is 1. The molecule has 0 aliphatic carbocycles. The zero-order valence-corrected chi connectivity index (χ0v) is 23.5. The van der Waals surface area contributed by atoms with Gasteiger partial charge in [0.05, 0.1) is 12.7 Å². The molecule has 1 aromatic rings. The average molecular weight is 483 g/mol. The SMILES string of the molecule is C=CCC1(CO[Si](C)(C)C)OC(n2cc(C)c(=O)[nH]c2=O)C(C)C1O[Si](C)(C)C(C)(C)C. The highest BCUT2D eigenvalue weighted by atomic mass is 28.4. The fourth-order valence-corrected chi connectivity index (χ4v) is 5.86. The van der Waals surface area contributed by atoms with Crippen LogP contribution < -0.4 is 11.2 Å². The molecule has 0 bridgehead atoms. The maximum atomic E-state index is 12.7. The second-order valence-corrected chi connectivity index (χ2v) is 20.9. The Morgan fingerprint density at radius 1 is 1.25 bits per heavy atom. The summed E-state index contributed by atoms with van der Waals surface area (Å²) in [5, 5.41) is 0.00969. The minimum Gasteiger partial charge on any atom is -0.415 e. The third kappa shape index (κ3) is 5.62. The Kier molecular flexibility index (Phi) is 7.73. The molecule has 0 amide bonds. The topological polar surface area (TPSA) is 82.5 Å². The van der Waals surface area contributed by atoms with Crippen molar-refractivity contribution in [1.29, 1.82) is 0 Å². The lowest BCUT2D eigenvalue weighted by Crippen LogP contribution is -2.54. The molecule has 0 spiro atoms. The Morgan fingerprint density at radius 3 is 2.34 bits per heavy atom. The van der Waals surface area contributed by atoms with Crippen LogP contribution in [0.25, 0.3) is 0 Å². The van der Waals surface area contributed by atoms with Crippen LogP contribution in [0.5, 0.6) is 0 Å². The number of H-pyrrole nitrogens is 1. The van der Waals surface area contributed by atoms with E-state index in [1.54, 1.807) is 13.1 Å². The molecule has 0 saturated carbocycles. The predicted octanol–water partition coefficient (Wildman–Crippen LogP) is 4.57. The maximum Gasteiger partial charge on any atom is 0.330 e. The zero-order chi connectivity index (χ0) is 24.7. The first-order valence-electron chi connectivity index (χ1n) is 11.4. The Balaban J connectivity index is 2.61. The summed E-state index contributed by atoms with van der Waals surface area (Å²) in [7, 11) is -4.02. The Morgan fingerprint density at radius 2 is 1.84 bits per heavy atom. The van der Waals surface area contributed by atoms with Gasteiger partial charge < -0.3 is 13.6 Å². The number of hydrogen-bond acceptors (Lipinski definition) is 5. The van der Waals surface area contributed by atoms with Crippen molar-refractivity contribution < 1.29 is 13.6 Å². The molecule has 1 N–H and O–H groups in total. The van der Waals surface area contributed by atoms with Gasteiger partial charge in [0, 0.05) is 17.7 Å². The fourth-order valence-electron chi connectivity index (χ4n) is 3.76. The summed E-state index contributed by atoms with van der Waals surface area (Å²) in [4.78, 5) is 27.1. The summed E-state index contributed by atoms with van der Waals surface area (Å²) >= 11 is 0. The molecule has 7 nitrogen and oxygen atoms in total. The minimum absolute atomic E-state index is 0.00969. The lowest BCUT2D eigenvalue weighted by Gasteiger charge is -2.44. The van der Waals surface area contributed by atoms with E-state index in [1.165, 1.54) is 4.57 Å². The largest absolute Gasteiger partial charge is 0.415 e. The molecule has 1 saturated heterocycles. The smallest absolute Gasteiger partial charge is 0.330 e. The van der Waals surface area contributed by atoms with Crippen LogP contribution in [0.2, 0.25) is 37.8 Å². The van der Waals surface area contributed by atoms with Gasteiger partial charge in [-0.1, -0.05) is 33.8 Å². The molecule has 2 heterocycles. The molecule has 32 heavy (non-hydrogen) atoms. The van der Waals surface area contributed by atoms with E-state index < -0.39 is 34.2 Å². The summed E-state index contributed by atoms with van der Waals surface area (Å²) in [6, 6.07) is 0. The van der Waals surface area contributed by atoms with Crippen LogP contribution in [0.15, 0.2) is 28.4 Å². The quantitative estimate of drug-likeness (QED) is 0.434. The summed E-state index contributed by atoms with van der Waals surface area (Å²) in [5.41, 5.74) is -1.18. The van der Waals surface area contributed by atoms with Crippen LogP contribution >= 0.6 is 0 Å². The van der Waals surface area contributed by atoms with E-state index in [2.05, 4.69) is 72.0 Å². The van der Waals surface area contributed by atoms with E-state index in [1.807, 2.05) is 6.08 Å². The van der Waals surface area contributed by atoms with Gasteiger partial charge in [0.1, 0.15) is 11.8 Å². The number of ether oxygens (including phenoxy) is 1. The lowest BCUT2D eigenvalue weighted by atomic mass is 9.88. The van der Waals surface area contributed by atoms with Gasteiger partial charge in [0.2, 0.25) is 0 Å². The maximum absolute atomic E-state index is 12.7. The molecule has 0 radical (unpaired) electrons. The molecule has 182 valence electrons. The van der Waals surface area contributed by atoms with Crippen LogP contribution in [-0.2, 0) is 13.6 Å². The van der Waals surface area contributed by atoms with Crippen molar-refractivity contribution in [1.82, 2.24) is 9.55 Å². The standard InChI is InChI=1S/C23H42N2O5Si2/c1-12-13-23(15-28-31(7,8)9)18(30-32(10,11)22(4,5)6)17(3)20(29-23)25-14-16(2)19(26)24-21(25)27/h12,14,17-18,20H,1,13,15H2,2-11H3,(H,24,26,27). The minimum atomic E-state index is -2.17. The van der Waals surface area contributed by atoms with Crippen molar-refractivity contribution in [3.8, 4) is 0 Å². The molecular weight excluding hydrogens is 440 g/mol. The highest BCUT2D eigenvalue weighted by Gasteiger charge is 2.57. The first kappa shape index (κ1) is 27.0. The van der Waals surface area contributed by atoms with Crippen molar-refractivity contribution in [3.05, 3.63) is 45.3 Å². The van der Waals surface area contributed by atoms with Gasteiger partial charge in [0.15, 0.2) is 16.6 Å². The Bertz CT molecular complexity index is 941. The Labute approximate surface area is 194 Å². The van der Waals surface area contributed by atoms with Crippen molar-refractivity contribution in [2.24, 2.45) is 5.92 Å². The molecule has 1 aliphatic rings. The van der Waals surface area contributed by atoms with Crippen molar-refractivity contribution in [2.45, 2.75) is 96.7 Å². The molecule has 1 aromatic heterocycles. The van der Waals surface area contributed by atoms with Gasteiger partial charge in [-0.25, -0.2) is 4.79 Å². The number of nitrogens with zero attached hydrogens (tertiary/aromatic N) is 1. The van der Waals surface area contributed by atoms with Gasteiger partial charge in [-0.15, -0.1) is 6.58 Å². The molecule has 1 aliphatic heterocycles. The van der Waals surface area contributed by atoms with Crippen molar-refractivity contribution >= 4 is 16.6 Å². The van der Waals surface area contributed by atoms with Gasteiger partial charge in [0.25, 0.3) is 5.56 Å². The van der Waals surface area contributed by atoms with Crippen LogP contribution in [0.1, 0.15) is 45.9 Å². The van der Waals surface area contributed by atoms with Gasteiger partial charge in [-0.05, 0) is 51.1 Å². The van der Waals surface area contributed by atoms with Crippen LogP contribution in [0.3, 0.4) is 0 Å². The first-order chi connectivity index (χ1) is 14.4. The monoisotopic (exact) mass is 482 g/mol. The van der Waals surface area contributed by atoms with Crippen LogP contribution in [-0.4, -0.2) is 44.5 Å². The lowest BCUT2D eigenvalue weighted by molar-refractivity contribution is -0.120. The Hall–Kier alpha value is -1.27. The molecule has 4 unspecified atom stereocenters. The van der Waals surface area contributed by atoms with Crippen molar-refractivity contribution in [3.63, 3.8) is 0 Å². The van der Waals surface area contributed by atoms with E-state index in [0.29, 0.717) is 18.6 Å². The van der Waals surface area contributed by atoms with E-state index in [4.69, 9.17) is 13.6 Å². The van der Waals surface area contributed by atoms with E-state index >= 15 is 0 Å². The normalized spacial score (nSPS) is 27.0. The number of rotatable bonds is 8. The third-order valence-corrected chi connectivity index (χ3v) is 12.2. The highest BCUT2D eigenvalue weighted by Crippen LogP contribution is 2.49. The number of hydrogen-bond donors (Lipinski definition) is 1. The molecule has 1 fully saturated rings. The number of aryl methyl sites for hydroxylation is 1. The summed E-state index contributed by atoms with van der Waals surface area (Å²) in [5.74, 6) is -0.141. The molecule has 4 atom stereocenters. The second-order valence-electron chi connectivity index (χ2n) is 11.6. The number of aromatic nitrogens is 2. The number of nitrogens with one attached hydrogen (secondary N) is 1. The van der Waals surface area contributed by atoms with E-state index in [0.717, 1.165) is 0 Å². The molecule has 0 aromatic carbocycles. The molecule has 2 rings (SSSR count). The first-order valence-corrected chi connectivity index (χ1v) is 17.7. The highest BCUT2D eigenvalue weighted by molar-refractivity contribution is 6.74. The van der Waals surface area contributed by atoms with Crippen LogP contribution in [0.4, 0.5) is 0 Å². The summed E-state index contributed by atoms with van der Waals surface area (Å²) in [6.45, 7) is 25.6. The van der Waals surface area contributed by atoms with Gasteiger partial charge >= 0.3 is 5.69 Å². The summed E-state index contributed by atoms with van der Waals surface area (Å²) < 4.78 is 21.5. The summed E-state index contributed by atoms with van der Waals surface area (Å²) in [6.07, 6.45) is 3.08. The fraction of sp³-hybridized carbons (Fsp3) is 0.739. The average Bonchev–Trinajstić information content (AvgIpc) is 2.88. The zero-order valence-electron chi connectivity index (χ0n) is 21.5. The second kappa shape index (κ2) is 9.17.